The number of nitrogens with zero attached hydrogens (tertiary/aromatic N) is 2. The van der Waals surface area contributed by atoms with Gasteiger partial charge in [0.15, 0.2) is 12.4 Å². The van der Waals surface area contributed by atoms with Crippen LogP contribution in [0.2, 0.25) is 0 Å². The monoisotopic (exact) mass is 375 g/mol. The van der Waals surface area contributed by atoms with Crippen molar-refractivity contribution >= 4 is 6.21 Å². The fraction of sp³-hybridized carbons (Fsp3) is 0.750. The molecule has 0 aliphatic rings. The third-order valence-corrected chi connectivity index (χ3v) is 5.36. The first-order valence-electron chi connectivity index (χ1n) is 11.5. The molecule has 0 radical (unpaired) electrons. The van der Waals surface area contributed by atoms with Crippen LogP contribution in [0, 0.1) is 0 Å². The van der Waals surface area contributed by atoms with Gasteiger partial charge in [-0.3, -0.25) is 0 Å². The number of aryl methyl sites for hydroxylation is 1. The third-order valence-electron chi connectivity index (χ3n) is 5.36. The smallest absolute Gasteiger partial charge is 0.177 e. The van der Waals surface area contributed by atoms with E-state index >= 15 is 0 Å². The fourth-order valence-corrected chi connectivity index (χ4v) is 3.67. The first kappa shape index (κ1) is 23.7. The number of pyridine rings is 1. The number of hydrogen-bond acceptors (Lipinski definition) is 2. The summed E-state index contributed by atoms with van der Waals surface area (Å²) in [5.74, 6) is 0. The van der Waals surface area contributed by atoms with Gasteiger partial charge in [-0.05, 0) is 12.5 Å². The molecular formula is C24H43N2O+. The van der Waals surface area contributed by atoms with Gasteiger partial charge in [0.25, 0.3) is 0 Å². The zero-order valence-corrected chi connectivity index (χ0v) is 17.7. The lowest BCUT2D eigenvalue weighted by atomic mass is 10.0. The molecule has 0 aliphatic carbocycles. The van der Waals surface area contributed by atoms with Gasteiger partial charge in [0, 0.05) is 12.5 Å². The molecule has 27 heavy (non-hydrogen) atoms. The Balaban J connectivity index is 1.82. The van der Waals surface area contributed by atoms with Crippen LogP contribution in [0.1, 0.15) is 115 Å². The second kappa shape index (κ2) is 18.0. The molecule has 0 saturated carbocycles. The summed E-state index contributed by atoms with van der Waals surface area (Å²) in [5.41, 5.74) is 0.941. The predicted octanol–water partition coefficient (Wildman–Crippen LogP) is 7.04. The molecule has 0 aromatic carbocycles. The summed E-state index contributed by atoms with van der Waals surface area (Å²) < 4.78 is 2.18. The highest BCUT2D eigenvalue weighted by Gasteiger charge is 2.01. The molecule has 1 heterocycles. The van der Waals surface area contributed by atoms with Gasteiger partial charge in [-0.25, -0.2) is 4.57 Å². The SMILES string of the molecule is CCCCCCCCCCCCCCCCCC[n+]1cccc(/C=N\O)c1. The Labute approximate surface area is 167 Å². The van der Waals surface area contributed by atoms with Crippen molar-refractivity contribution in [1.29, 1.82) is 0 Å². The van der Waals surface area contributed by atoms with Gasteiger partial charge in [-0.2, -0.15) is 0 Å². The van der Waals surface area contributed by atoms with E-state index in [0.29, 0.717) is 0 Å². The van der Waals surface area contributed by atoms with Crippen LogP contribution in [0.15, 0.2) is 29.7 Å². The van der Waals surface area contributed by atoms with Gasteiger partial charge < -0.3 is 5.21 Å². The average Bonchev–Trinajstić information content (AvgIpc) is 2.68. The van der Waals surface area contributed by atoms with Gasteiger partial charge in [0.05, 0.1) is 11.8 Å². The maximum absolute atomic E-state index is 8.60. The van der Waals surface area contributed by atoms with Gasteiger partial charge in [-0.15, -0.1) is 0 Å². The Morgan fingerprint density at radius 2 is 1.26 bits per heavy atom. The molecule has 1 aromatic heterocycles. The first-order chi connectivity index (χ1) is 13.4. The normalized spacial score (nSPS) is 11.4. The fourth-order valence-electron chi connectivity index (χ4n) is 3.67. The minimum absolute atomic E-state index is 0.941. The van der Waals surface area contributed by atoms with E-state index in [2.05, 4.69) is 22.8 Å². The summed E-state index contributed by atoms with van der Waals surface area (Å²) in [6.07, 6.45) is 28.1. The molecule has 0 atom stereocenters. The first-order valence-corrected chi connectivity index (χ1v) is 11.5. The summed E-state index contributed by atoms with van der Waals surface area (Å²) in [7, 11) is 0. The van der Waals surface area contributed by atoms with Crippen LogP contribution in [0.4, 0.5) is 0 Å². The highest BCUT2D eigenvalue weighted by molar-refractivity contribution is 5.77. The molecule has 0 fully saturated rings. The van der Waals surface area contributed by atoms with Crippen molar-refractivity contribution in [2.45, 2.75) is 116 Å². The van der Waals surface area contributed by atoms with Crippen molar-refractivity contribution in [3.05, 3.63) is 30.1 Å². The van der Waals surface area contributed by atoms with Crippen molar-refractivity contribution in [3.8, 4) is 0 Å². The third kappa shape index (κ3) is 14.4. The number of oxime groups is 1. The van der Waals surface area contributed by atoms with E-state index in [1.165, 1.54) is 109 Å². The second-order valence-corrected chi connectivity index (χ2v) is 7.92. The van der Waals surface area contributed by atoms with Crippen LogP contribution in [-0.4, -0.2) is 11.4 Å². The largest absolute Gasteiger partial charge is 0.411 e. The predicted molar refractivity (Wildman–Crippen MR) is 116 cm³/mol. The zero-order valence-electron chi connectivity index (χ0n) is 17.7. The highest BCUT2D eigenvalue weighted by atomic mass is 16.4. The summed E-state index contributed by atoms with van der Waals surface area (Å²) >= 11 is 0. The van der Waals surface area contributed by atoms with Crippen LogP contribution in [0.3, 0.4) is 0 Å². The standard InChI is InChI=1S/C24H42N2O/c1-2-3-4-5-6-7-8-9-10-11-12-13-14-15-16-17-20-26-21-18-19-24(23-26)22-25-27/h18-19,21-23H,2-17,20H2,1H3/p+1/b25-22-. The van der Waals surface area contributed by atoms with Crippen molar-refractivity contribution in [2.24, 2.45) is 5.16 Å². The van der Waals surface area contributed by atoms with E-state index in [4.69, 9.17) is 5.21 Å². The molecule has 154 valence electrons. The van der Waals surface area contributed by atoms with E-state index < -0.39 is 0 Å². The molecule has 1 N–H and O–H groups in total. The molecular weight excluding hydrogens is 332 g/mol. The van der Waals surface area contributed by atoms with Crippen molar-refractivity contribution in [1.82, 2.24) is 0 Å². The van der Waals surface area contributed by atoms with E-state index in [1.54, 1.807) is 0 Å². The molecule has 0 aliphatic heterocycles. The maximum Gasteiger partial charge on any atom is 0.177 e. The molecule has 0 spiro atoms. The van der Waals surface area contributed by atoms with Crippen LogP contribution < -0.4 is 4.57 Å². The van der Waals surface area contributed by atoms with Crippen molar-refractivity contribution in [2.75, 3.05) is 0 Å². The Bertz CT molecular complexity index is 473. The molecule has 3 nitrogen and oxygen atoms in total. The lowest BCUT2D eigenvalue weighted by molar-refractivity contribution is -0.697. The quantitative estimate of drug-likeness (QED) is 0.0964. The summed E-state index contributed by atoms with van der Waals surface area (Å²) in [6.45, 7) is 3.33. The molecule has 0 unspecified atom stereocenters. The molecule has 0 bridgehead atoms. The van der Waals surface area contributed by atoms with Crippen molar-refractivity contribution < 1.29 is 9.77 Å². The Morgan fingerprint density at radius 3 is 1.74 bits per heavy atom. The van der Waals surface area contributed by atoms with E-state index in [9.17, 15) is 0 Å². The summed E-state index contributed by atoms with van der Waals surface area (Å²) in [4.78, 5) is 0. The Kier molecular flexibility index (Phi) is 15.8. The minimum atomic E-state index is 0.941. The number of hydrogen-bond donors (Lipinski definition) is 1. The molecule has 3 heteroatoms. The van der Waals surface area contributed by atoms with Gasteiger partial charge in [-0.1, -0.05) is 102 Å². The molecule has 1 aromatic rings. The lowest BCUT2D eigenvalue weighted by Crippen LogP contribution is -2.33. The topological polar surface area (TPSA) is 36.5 Å². The second-order valence-electron chi connectivity index (χ2n) is 7.92. The molecule has 0 amide bonds. The number of rotatable bonds is 18. The van der Waals surface area contributed by atoms with Crippen LogP contribution in [0.25, 0.3) is 0 Å². The number of unbranched alkanes of at least 4 members (excludes halogenated alkanes) is 15. The maximum atomic E-state index is 8.60. The lowest BCUT2D eigenvalue weighted by Gasteiger charge is -2.03. The van der Waals surface area contributed by atoms with Crippen LogP contribution in [0.5, 0.6) is 0 Å². The Hall–Kier alpha value is -1.38. The minimum Gasteiger partial charge on any atom is -0.411 e. The summed E-state index contributed by atoms with van der Waals surface area (Å²) in [5, 5.41) is 11.7. The van der Waals surface area contributed by atoms with E-state index in [1.807, 2.05) is 18.3 Å². The highest BCUT2D eigenvalue weighted by Crippen LogP contribution is 2.13. The number of aromatic nitrogens is 1. The van der Waals surface area contributed by atoms with Gasteiger partial charge >= 0.3 is 0 Å². The average molecular weight is 376 g/mol. The van der Waals surface area contributed by atoms with Gasteiger partial charge in [0.1, 0.15) is 6.54 Å². The van der Waals surface area contributed by atoms with Gasteiger partial charge in [0.2, 0.25) is 0 Å². The van der Waals surface area contributed by atoms with E-state index in [-0.39, 0.29) is 0 Å². The van der Waals surface area contributed by atoms with E-state index in [0.717, 1.165) is 12.1 Å². The molecule has 0 saturated heterocycles. The van der Waals surface area contributed by atoms with Crippen LogP contribution in [-0.2, 0) is 6.54 Å². The Morgan fingerprint density at radius 1 is 0.778 bits per heavy atom. The summed E-state index contributed by atoms with van der Waals surface area (Å²) in [6, 6.07) is 3.95. The van der Waals surface area contributed by atoms with Crippen molar-refractivity contribution in [3.63, 3.8) is 0 Å². The molecule has 1 rings (SSSR count). The van der Waals surface area contributed by atoms with Crippen LogP contribution >= 0.6 is 0 Å². The zero-order chi connectivity index (χ0) is 19.4.